The summed E-state index contributed by atoms with van der Waals surface area (Å²) in [6, 6.07) is 5.18. The van der Waals surface area contributed by atoms with Crippen molar-refractivity contribution in [3.8, 4) is 11.8 Å². The number of rotatable bonds is 3. The Bertz CT molecular complexity index is 418. The lowest BCUT2D eigenvalue weighted by atomic mass is 10.3. The van der Waals surface area contributed by atoms with Crippen LogP contribution in [0.5, 0.6) is 0 Å². The number of carbonyl (C=O) groups is 1. The summed E-state index contributed by atoms with van der Waals surface area (Å²) in [5.41, 5.74) is 1.10. The highest BCUT2D eigenvalue weighted by atomic mass is 16.5. The third kappa shape index (κ3) is 4.11. The molecule has 0 amide bonds. The molecule has 1 rings (SSSR count). The molecule has 0 radical (unpaired) electrons. The van der Waals surface area contributed by atoms with Gasteiger partial charge in [-0.3, -0.25) is 4.79 Å². The molecule has 84 valence electrons. The first-order valence-electron chi connectivity index (χ1n) is 4.97. The number of ether oxygens (including phenoxy) is 1. The molecule has 1 aromatic rings. The van der Waals surface area contributed by atoms with E-state index in [0.29, 0.717) is 18.0 Å². The van der Waals surface area contributed by atoms with Gasteiger partial charge in [0.05, 0.1) is 18.9 Å². The summed E-state index contributed by atoms with van der Waals surface area (Å²) in [6.07, 6.45) is 0.0544. The van der Waals surface area contributed by atoms with Gasteiger partial charge in [0.15, 0.2) is 0 Å². The second-order valence-electron chi connectivity index (χ2n) is 2.96. The normalized spacial score (nSPS) is 9.12. The monoisotopic (exact) mass is 219 g/mol. The van der Waals surface area contributed by atoms with Gasteiger partial charge in [0.25, 0.3) is 0 Å². The topological polar surface area (TPSA) is 59.4 Å². The Morgan fingerprint density at radius 3 is 3.06 bits per heavy atom. The van der Waals surface area contributed by atoms with Gasteiger partial charge in [0.2, 0.25) is 0 Å². The number of hydrogen-bond acceptors (Lipinski definition) is 4. The van der Waals surface area contributed by atoms with E-state index >= 15 is 0 Å². The summed E-state index contributed by atoms with van der Waals surface area (Å²) in [4.78, 5) is 15.0. The molecule has 0 aromatic carbocycles. The lowest BCUT2D eigenvalue weighted by Gasteiger charge is -1.96. The van der Waals surface area contributed by atoms with Gasteiger partial charge in [-0.2, -0.15) is 0 Å². The van der Waals surface area contributed by atoms with Crippen LogP contribution in [-0.2, 0) is 16.1 Å². The van der Waals surface area contributed by atoms with Crippen LogP contribution < -0.4 is 0 Å². The van der Waals surface area contributed by atoms with Crippen molar-refractivity contribution >= 4 is 5.97 Å². The average molecular weight is 219 g/mol. The minimum atomic E-state index is -0.340. The van der Waals surface area contributed by atoms with E-state index in [1.807, 2.05) is 0 Å². The number of esters is 1. The van der Waals surface area contributed by atoms with E-state index < -0.39 is 0 Å². The number of pyridine rings is 1. The Hall–Kier alpha value is -1.86. The minimum Gasteiger partial charge on any atom is -0.465 e. The quantitative estimate of drug-likeness (QED) is 0.605. The summed E-state index contributed by atoms with van der Waals surface area (Å²) in [5, 5.41) is 8.86. The number of carbonyl (C=O) groups excluding carboxylic acids is 1. The molecule has 0 aliphatic heterocycles. The smallest absolute Gasteiger partial charge is 0.317 e. The third-order valence-electron chi connectivity index (χ3n) is 1.72. The summed E-state index contributed by atoms with van der Waals surface area (Å²) in [7, 11) is 0. The zero-order chi connectivity index (χ0) is 11.8. The Balaban J connectivity index is 2.59. The van der Waals surface area contributed by atoms with Crippen molar-refractivity contribution in [2.24, 2.45) is 0 Å². The summed E-state index contributed by atoms with van der Waals surface area (Å²) in [6.45, 7) is 1.99. The molecular weight excluding hydrogens is 206 g/mol. The molecule has 0 aliphatic carbocycles. The summed E-state index contributed by atoms with van der Waals surface area (Å²) >= 11 is 0. The number of hydrogen-bond donors (Lipinski definition) is 1. The van der Waals surface area contributed by atoms with Gasteiger partial charge in [-0.1, -0.05) is 12.0 Å². The standard InChI is InChI=1S/C12H13NO3/c1-2-16-12(15)8-4-6-10-5-3-7-11(9-14)13-10/h3,5,7,14H,2,8-9H2,1H3. The van der Waals surface area contributed by atoms with Crippen LogP contribution in [0.15, 0.2) is 18.2 Å². The fourth-order valence-corrected chi connectivity index (χ4v) is 1.06. The molecule has 4 nitrogen and oxygen atoms in total. The van der Waals surface area contributed by atoms with Gasteiger partial charge in [-0.15, -0.1) is 0 Å². The Morgan fingerprint density at radius 1 is 1.56 bits per heavy atom. The van der Waals surface area contributed by atoms with Crippen molar-refractivity contribution in [3.05, 3.63) is 29.6 Å². The predicted octanol–water partition coefficient (Wildman–Crippen LogP) is 0.879. The molecule has 0 saturated carbocycles. The van der Waals surface area contributed by atoms with Crippen LogP contribution in [0.3, 0.4) is 0 Å². The van der Waals surface area contributed by atoms with Crippen molar-refractivity contribution < 1.29 is 14.6 Å². The van der Waals surface area contributed by atoms with E-state index in [2.05, 4.69) is 16.8 Å². The first-order chi connectivity index (χ1) is 7.76. The van der Waals surface area contributed by atoms with Gasteiger partial charge in [-0.05, 0) is 25.0 Å². The van der Waals surface area contributed by atoms with E-state index in [-0.39, 0.29) is 19.0 Å². The second kappa shape index (κ2) is 6.59. The lowest BCUT2D eigenvalue weighted by molar-refractivity contribution is -0.141. The highest BCUT2D eigenvalue weighted by Crippen LogP contribution is 1.97. The predicted molar refractivity (Wildman–Crippen MR) is 58.3 cm³/mol. The van der Waals surface area contributed by atoms with Crippen LogP contribution >= 0.6 is 0 Å². The van der Waals surface area contributed by atoms with Crippen LogP contribution in [0, 0.1) is 11.8 Å². The van der Waals surface area contributed by atoms with E-state index in [4.69, 9.17) is 9.84 Å². The number of nitrogens with zero attached hydrogens (tertiary/aromatic N) is 1. The van der Waals surface area contributed by atoms with Crippen LogP contribution in [0.1, 0.15) is 24.7 Å². The van der Waals surface area contributed by atoms with Gasteiger partial charge >= 0.3 is 5.97 Å². The molecule has 4 heteroatoms. The van der Waals surface area contributed by atoms with Crippen LogP contribution in [0.2, 0.25) is 0 Å². The SMILES string of the molecule is CCOC(=O)CC#Cc1cccc(CO)n1. The molecule has 0 spiro atoms. The number of aliphatic hydroxyl groups excluding tert-OH is 1. The highest BCUT2D eigenvalue weighted by Gasteiger charge is 1.96. The maximum Gasteiger partial charge on any atom is 0.317 e. The lowest BCUT2D eigenvalue weighted by Crippen LogP contribution is -2.01. The van der Waals surface area contributed by atoms with Crippen molar-refractivity contribution in [2.45, 2.75) is 20.0 Å². The highest BCUT2D eigenvalue weighted by molar-refractivity contribution is 5.72. The molecule has 0 aliphatic rings. The summed E-state index contributed by atoms with van der Waals surface area (Å²) in [5.74, 6) is 5.06. The molecule has 16 heavy (non-hydrogen) atoms. The van der Waals surface area contributed by atoms with Crippen molar-refractivity contribution in [1.82, 2.24) is 4.98 Å². The van der Waals surface area contributed by atoms with E-state index in [9.17, 15) is 4.79 Å². The van der Waals surface area contributed by atoms with Crippen LogP contribution in [0.4, 0.5) is 0 Å². The Morgan fingerprint density at radius 2 is 2.38 bits per heavy atom. The third-order valence-corrected chi connectivity index (χ3v) is 1.72. The zero-order valence-corrected chi connectivity index (χ0v) is 9.06. The van der Waals surface area contributed by atoms with Gasteiger partial charge in [0, 0.05) is 0 Å². The fraction of sp³-hybridized carbons (Fsp3) is 0.333. The summed E-state index contributed by atoms with van der Waals surface area (Å²) < 4.78 is 4.72. The van der Waals surface area contributed by atoms with Gasteiger partial charge in [0.1, 0.15) is 12.1 Å². The molecule has 0 saturated heterocycles. The van der Waals surface area contributed by atoms with E-state index in [1.54, 1.807) is 25.1 Å². The molecule has 1 aromatic heterocycles. The first kappa shape index (κ1) is 12.2. The Labute approximate surface area is 94.3 Å². The largest absolute Gasteiger partial charge is 0.465 e. The zero-order valence-electron chi connectivity index (χ0n) is 9.06. The number of aliphatic hydroxyl groups is 1. The van der Waals surface area contributed by atoms with Crippen LogP contribution in [0.25, 0.3) is 0 Å². The minimum absolute atomic E-state index is 0.0544. The van der Waals surface area contributed by atoms with Crippen molar-refractivity contribution in [3.63, 3.8) is 0 Å². The van der Waals surface area contributed by atoms with Crippen molar-refractivity contribution in [2.75, 3.05) is 6.61 Å². The second-order valence-corrected chi connectivity index (χ2v) is 2.96. The van der Waals surface area contributed by atoms with Gasteiger partial charge < -0.3 is 9.84 Å². The van der Waals surface area contributed by atoms with E-state index in [1.165, 1.54) is 0 Å². The molecule has 1 heterocycles. The molecule has 1 N–H and O–H groups in total. The van der Waals surface area contributed by atoms with E-state index in [0.717, 1.165) is 0 Å². The first-order valence-corrected chi connectivity index (χ1v) is 4.97. The molecule has 0 unspecified atom stereocenters. The molecule has 0 bridgehead atoms. The molecule has 0 fully saturated rings. The fourth-order valence-electron chi connectivity index (χ4n) is 1.06. The number of aromatic nitrogens is 1. The average Bonchev–Trinajstić information content (AvgIpc) is 2.30. The Kier molecular flexibility index (Phi) is 5.03. The maximum absolute atomic E-state index is 11.0. The maximum atomic E-state index is 11.0. The molecular formula is C12H13NO3. The molecule has 0 atom stereocenters. The van der Waals surface area contributed by atoms with Gasteiger partial charge in [-0.25, -0.2) is 4.98 Å². The van der Waals surface area contributed by atoms with Crippen molar-refractivity contribution in [1.29, 1.82) is 0 Å². The van der Waals surface area contributed by atoms with Crippen LogP contribution in [-0.4, -0.2) is 22.7 Å².